The minimum absolute atomic E-state index is 0.263. The van der Waals surface area contributed by atoms with Crippen LogP contribution in [0.25, 0.3) is 0 Å². The van der Waals surface area contributed by atoms with E-state index in [0.717, 1.165) is 5.56 Å². The van der Waals surface area contributed by atoms with Crippen LogP contribution in [-0.4, -0.2) is 19.2 Å². The van der Waals surface area contributed by atoms with Crippen molar-refractivity contribution in [3.63, 3.8) is 0 Å². The first-order valence-corrected chi connectivity index (χ1v) is 8.76. The van der Waals surface area contributed by atoms with E-state index >= 15 is 0 Å². The molecule has 0 spiro atoms. The Labute approximate surface area is 120 Å². The average molecular weight is 296 g/mol. The zero-order valence-electron chi connectivity index (χ0n) is 12.0. The number of hydrogen-bond donors (Lipinski definition) is 0. The lowest BCUT2D eigenvalue weighted by Crippen LogP contribution is -2.03. The number of carbonyl (C=O) groups is 1. The third-order valence-corrected chi connectivity index (χ3v) is 4.04. The van der Waals surface area contributed by atoms with Gasteiger partial charge in [-0.2, -0.15) is 0 Å². The van der Waals surface area contributed by atoms with Gasteiger partial charge in [0.15, 0.2) is 0 Å². The van der Waals surface area contributed by atoms with Crippen molar-refractivity contribution in [1.29, 1.82) is 0 Å². The standard InChI is InChI=1S/C15H21O4P/c1-3-19-20(2,17)12-8-7-11-15(16)18-13-14-9-5-4-6-10-14/h4-6,8-10,12H,3,7,11,13H2,1-2H3/b12-8+. The Morgan fingerprint density at radius 1 is 1.30 bits per heavy atom. The Balaban J connectivity index is 2.24. The van der Waals surface area contributed by atoms with Gasteiger partial charge in [-0.15, -0.1) is 0 Å². The summed E-state index contributed by atoms with van der Waals surface area (Å²) in [4.78, 5) is 11.5. The molecular formula is C15H21O4P. The third-order valence-electron chi connectivity index (χ3n) is 2.52. The molecule has 110 valence electrons. The maximum atomic E-state index is 11.7. The molecule has 20 heavy (non-hydrogen) atoms. The van der Waals surface area contributed by atoms with Crippen molar-refractivity contribution >= 4 is 13.3 Å². The van der Waals surface area contributed by atoms with Gasteiger partial charge in [-0.1, -0.05) is 36.4 Å². The van der Waals surface area contributed by atoms with Crippen molar-refractivity contribution in [2.45, 2.75) is 26.4 Å². The second kappa shape index (κ2) is 8.72. The highest BCUT2D eigenvalue weighted by Gasteiger charge is 2.09. The van der Waals surface area contributed by atoms with E-state index in [4.69, 9.17) is 9.26 Å². The van der Waals surface area contributed by atoms with Crippen LogP contribution in [-0.2, 0) is 25.2 Å². The van der Waals surface area contributed by atoms with E-state index in [1.54, 1.807) is 25.5 Å². The zero-order chi connectivity index (χ0) is 14.8. The number of ether oxygens (including phenoxy) is 1. The summed E-state index contributed by atoms with van der Waals surface area (Å²) < 4.78 is 22.0. The van der Waals surface area contributed by atoms with E-state index in [-0.39, 0.29) is 19.0 Å². The molecule has 1 unspecified atom stereocenters. The van der Waals surface area contributed by atoms with Gasteiger partial charge in [0.25, 0.3) is 0 Å². The molecule has 0 N–H and O–H groups in total. The Bertz CT molecular complexity index is 482. The zero-order valence-corrected chi connectivity index (χ0v) is 12.8. The molecule has 0 saturated heterocycles. The summed E-state index contributed by atoms with van der Waals surface area (Å²) in [7, 11) is -2.65. The molecule has 1 aromatic rings. The molecule has 0 aliphatic rings. The van der Waals surface area contributed by atoms with Gasteiger partial charge in [-0.25, -0.2) is 0 Å². The fraction of sp³-hybridized carbons (Fsp3) is 0.400. The van der Waals surface area contributed by atoms with Gasteiger partial charge >= 0.3 is 5.97 Å². The summed E-state index contributed by atoms with van der Waals surface area (Å²) in [6.07, 6.45) is 2.48. The maximum absolute atomic E-state index is 11.7. The molecule has 0 aromatic heterocycles. The first-order chi connectivity index (χ1) is 9.53. The molecule has 1 atom stereocenters. The van der Waals surface area contributed by atoms with Crippen LogP contribution < -0.4 is 0 Å². The fourth-order valence-corrected chi connectivity index (χ4v) is 2.71. The molecule has 0 fully saturated rings. The molecule has 0 saturated carbocycles. The number of benzene rings is 1. The predicted molar refractivity (Wildman–Crippen MR) is 79.8 cm³/mol. The Morgan fingerprint density at radius 3 is 2.65 bits per heavy atom. The number of esters is 1. The normalized spacial score (nSPS) is 14.1. The summed E-state index contributed by atoms with van der Waals surface area (Å²) in [6.45, 7) is 4.05. The number of hydrogen-bond acceptors (Lipinski definition) is 4. The highest BCUT2D eigenvalue weighted by Crippen LogP contribution is 2.43. The van der Waals surface area contributed by atoms with Crippen molar-refractivity contribution < 1.29 is 18.6 Å². The molecule has 1 aromatic carbocycles. The van der Waals surface area contributed by atoms with Gasteiger partial charge in [0, 0.05) is 13.1 Å². The molecule has 0 radical (unpaired) electrons. The molecule has 5 heteroatoms. The second-order valence-corrected chi connectivity index (χ2v) is 6.77. The SMILES string of the molecule is CCOP(C)(=O)/C=C/CCC(=O)OCc1ccccc1. The van der Waals surface area contributed by atoms with E-state index < -0.39 is 7.37 Å². The molecule has 1 rings (SSSR count). The summed E-state index contributed by atoms with van der Waals surface area (Å²) in [5.41, 5.74) is 0.964. The molecule has 0 bridgehead atoms. The Kier molecular flexibility index (Phi) is 7.27. The van der Waals surface area contributed by atoms with E-state index in [9.17, 15) is 9.36 Å². The minimum atomic E-state index is -2.65. The van der Waals surface area contributed by atoms with E-state index in [0.29, 0.717) is 13.0 Å². The van der Waals surface area contributed by atoms with Crippen molar-refractivity contribution in [2.75, 3.05) is 13.3 Å². The van der Waals surface area contributed by atoms with Crippen LogP contribution in [0.5, 0.6) is 0 Å². The lowest BCUT2D eigenvalue weighted by molar-refractivity contribution is -0.144. The van der Waals surface area contributed by atoms with Crippen molar-refractivity contribution in [3.8, 4) is 0 Å². The third kappa shape index (κ3) is 7.27. The van der Waals surface area contributed by atoms with Gasteiger partial charge in [0.05, 0.1) is 6.61 Å². The van der Waals surface area contributed by atoms with Gasteiger partial charge in [0.2, 0.25) is 7.37 Å². The van der Waals surface area contributed by atoms with Crippen molar-refractivity contribution in [2.24, 2.45) is 0 Å². The largest absolute Gasteiger partial charge is 0.461 e. The molecule has 0 aliphatic carbocycles. The van der Waals surface area contributed by atoms with Crippen molar-refractivity contribution in [1.82, 2.24) is 0 Å². The van der Waals surface area contributed by atoms with Crippen LogP contribution in [0.3, 0.4) is 0 Å². The molecule has 0 amide bonds. The first-order valence-electron chi connectivity index (χ1n) is 6.62. The molecular weight excluding hydrogens is 275 g/mol. The van der Waals surface area contributed by atoms with Crippen LogP contribution >= 0.6 is 7.37 Å². The van der Waals surface area contributed by atoms with Crippen molar-refractivity contribution in [3.05, 3.63) is 47.8 Å². The monoisotopic (exact) mass is 296 g/mol. The highest BCUT2D eigenvalue weighted by molar-refractivity contribution is 7.61. The second-order valence-electron chi connectivity index (χ2n) is 4.40. The van der Waals surface area contributed by atoms with Crippen LogP contribution in [0.4, 0.5) is 0 Å². The maximum Gasteiger partial charge on any atom is 0.306 e. The quantitative estimate of drug-likeness (QED) is 0.538. The van der Waals surface area contributed by atoms with Crippen LogP contribution in [0.1, 0.15) is 25.3 Å². The Hall–Kier alpha value is -1.38. The molecule has 0 aliphatic heterocycles. The molecule has 4 nitrogen and oxygen atoms in total. The number of rotatable bonds is 8. The van der Waals surface area contributed by atoms with E-state index in [2.05, 4.69) is 0 Å². The smallest absolute Gasteiger partial charge is 0.306 e. The van der Waals surface area contributed by atoms with E-state index in [1.165, 1.54) is 0 Å². The van der Waals surface area contributed by atoms with Gasteiger partial charge < -0.3 is 9.26 Å². The lowest BCUT2D eigenvalue weighted by atomic mass is 10.2. The van der Waals surface area contributed by atoms with Crippen LogP contribution in [0.15, 0.2) is 42.2 Å². The summed E-state index contributed by atoms with van der Waals surface area (Å²) in [5.74, 6) is 1.28. The Morgan fingerprint density at radius 2 is 2.00 bits per heavy atom. The topological polar surface area (TPSA) is 52.6 Å². The van der Waals surface area contributed by atoms with Gasteiger partial charge in [0.1, 0.15) is 6.61 Å². The van der Waals surface area contributed by atoms with Crippen LogP contribution in [0, 0.1) is 0 Å². The fourth-order valence-electron chi connectivity index (χ4n) is 1.58. The van der Waals surface area contributed by atoms with Gasteiger partial charge in [-0.05, 0) is 24.7 Å². The molecule has 0 heterocycles. The summed E-state index contributed by atoms with van der Waals surface area (Å²) >= 11 is 0. The predicted octanol–water partition coefficient (Wildman–Crippen LogP) is 3.97. The summed E-state index contributed by atoms with van der Waals surface area (Å²) in [6, 6.07) is 9.53. The minimum Gasteiger partial charge on any atom is -0.461 e. The summed E-state index contributed by atoms with van der Waals surface area (Å²) in [5, 5.41) is 0. The highest BCUT2D eigenvalue weighted by atomic mass is 31.2. The number of carbonyl (C=O) groups excluding carboxylic acids is 1. The lowest BCUT2D eigenvalue weighted by Gasteiger charge is -2.06. The first kappa shape index (κ1) is 16.7. The van der Waals surface area contributed by atoms with E-state index in [1.807, 2.05) is 30.3 Å². The van der Waals surface area contributed by atoms with Gasteiger partial charge in [-0.3, -0.25) is 9.36 Å². The van der Waals surface area contributed by atoms with Crippen LogP contribution in [0.2, 0.25) is 0 Å². The number of allylic oxidation sites excluding steroid dienone is 1. The average Bonchev–Trinajstić information content (AvgIpc) is 2.42.